The number of carbonyl (C=O) groups is 1. The monoisotopic (exact) mass is 336 g/mol. The molecule has 1 aliphatic carbocycles. The van der Waals surface area contributed by atoms with Gasteiger partial charge in [-0.1, -0.05) is 30.3 Å². The Bertz CT molecular complexity index is 816. The van der Waals surface area contributed by atoms with Gasteiger partial charge in [0.25, 0.3) is 0 Å². The minimum absolute atomic E-state index is 0.0879. The molecule has 1 aliphatic heterocycles. The first-order valence-corrected chi connectivity index (χ1v) is 8.67. The Balaban J connectivity index is 1.50. The predicted molar refractivity (Wildman–Crippen MR) is 91.9 cm³/mol. The van der Waals surface area contributed by atoms with Crippen LogP contribution >= 0.6 is 0 Å². The molecule has 2 aliphatic rings. The number of piperidine rings is 1. The number of oxazole rings is 1. The maximum absolute atomic E-state index is 11.3. The second-order valence-electron chi connectivity index (χ2n) is 6.84. The van der Waals surface area contributed by atoms with E-state index >= 15 is 0 Å². The molecule has 0 spiro atoms. The van der Waals surface area contributed by atoms with Crippen molar-refractivity contribution in [2.24, 2.45) is 11.7 Å². The van der Waals surface area contributed by atoms with E-state index in [0.717, 1.165) is 6.42 Å². The SMILES string of the molecule is N#Cc1nc([C@@H]2C[C@@H]2c2ccccc2)oc1N1CCC(C(N)=O)CC1. The summed E-state index contributed by atoms with van der Waals surface area (Å²) in [6, 6.07) is 12.5. The van der Waals surface area contributed by atoms with Gasteiger partial charge >= 0.3 is 0 Å². The average molecular weight is 336 g/mol. The van der Waals surface area contributed by atoms with Crippen molar-refractivity contribution in [2.75, 3.05) is 18.0 Å². The van der Waals surface area contributed by atoms with Crippen LogP contribution in [0.15, 0.2) is 34.7 Å². The van der Waals surface area contributed by atoms with Crippen LogP contribution in [0, 0.1) is 17.2 Å². The fraction of sp³-hybridized carbons (Fsp3) is 0.421. The molecule has 1 amide bonds. The number of nitrogens with zero attached hydrogens (tertiary/aromatic N) is 3. The maximum Gasteiger partial charge on any atom is 0.234 e. The summed E-state index contributed by atoms with van der Waals surface area (Å²) in [6.07, 6.45) is 2.37. The molecule has 1 saturated heterocycles. The van der Waals surface area contributed by atoms with Gasteiger partial charge < -0.3 is 15.1 Å². The normalized spacial score (nSPS) is 23.2. The summed E-state index contributed by atoms with van der Waals surface area (Å²) in [5.74, 6) is 1.51. The van der Waals surface area contributed by atoms with Crippen LogP contribution in [-0.2, 0) is 4.79 Å². The molecule has 0 unspecified atom stereocenters. The van der Waals surface area contributed by atoms with Gasteiger partial charge in [-0.3, -0.25) is 4.79 Å². The molecule has 1 aromatic heterocycles. The standard InChI is InChI=1S/C19H20N4O2/c20-11-16-19(23-8-6-13(7-9-23)17(21)24)25-18(22-16)15-10-14(15)12-4-2-1-3-5-12/h1-5,13-15H,6-10H2,(H2,21,24)/t14-,15-/m1/s1. The largest absolute Gasteiger partial charge is 0.423 e. The Labute approximate surface area is 146 Å². The van der Waals surface area contributed by atoms with Crippen LogP contribution < -0.4 is 10.6 Å². The molecular formula is C19H20N4O2. The van der Waals surface area contributed by atoms with Gasteiger partial charge in [-0.25, -0.2) is 4.98 Å². The number of nitrogens with two attached hydrogens (primary N) is 1. The van der Waals surface area contributed by atoms with E-state index in [-0.39, 0.29) is 17.7 Å². The summed E-state index contributed by atoms with van der Waals surface area (Å²) in [7, 11) is 0. The zero-order valence-corrected chi connectivity index (χ0v) is 13.9. The van der Waals surface area contributed by atoms with Gasteiger partial charge in [0.2, 0.25) is 23.4 Å². The Kier molecular flexibility index (Phi) is 3.92. The van der Waals surface area contributed by atoms with Crippen molar-refractivity contribution in [1.29, 1.82) is 5.26 Å². The molecule has 6 heteroatoms. The fourth-order valence-electron chi connectivity index (χ4n) is 3.68. The molecule has 0 bridgehead atoms. The summed E-state index contributed by atoms with van der Waals surface area (Å²) in [5, 5.41) is 9.41. The number of benzene rings is 1. The first-order valence-electron chi connectivity index (χ1n) is 8.67. The van der Waals surface area contributed by atoms with E-state index in [1.54, 1.807) is 0 Å². The van der Waals surface area contributed by atoms with Gasteiger partial charge in [0.05, 0.1) is 0 Å². The van der Waals surface area contributed by atoms with E-state index in [1.165, 1.54) is 5.56 Å². The molecule has 1 saturated carbocycles. The van der Waals surface area contributed by atoms with Gasteiger partial charge in [-0.05, 0) is 30.7 Å². The number of carbonyl (C=O) groups excluding carboxylic acids is 1. The lowest BCUT2D eigenvalue weighted by atomic mass is 9.96. The minimum Gasteiger partial charge on any atom is -0.423 e. The first-order chi connectivity index (χ1) is 12.2. The molecule has 2 aromatic rings. The smallest absolute Gasteiger partial charge is 0.234 e. The fourth-order valence-corrected chi connectivity index (χ4v) is 3.68. The van der Waals surface area contributed by atoms with E-state index in [1.807, 2.05) is 23.1 Å². The Morgan fingerprint density at radius 2 is 1.96 bits per heavy atom. The van der Waals surface area contributed by atoms with Crippen molar-refractivity contribution in [1.82, 2.24) is 4.98 Å². The van der Waals surface area contributed by atoms with E-state index in [2.05, 4.69) is 23.2 Å². The van der Waals surface area contributed by atoms with E-state index in [4.69, 9.17) is 10.2 Å². The highest BCUT2D eigenvalue weighted by molar-refractivity contribution is 5.77. The number of amides is 1. The van der Waals surface area contributed by atoms with E-state index < -0.39 is 0 Å². The van der Waals surface area contributed by atoms with Crippen molar-refractivity contribution in [3.63, 3.8) is 0 Å². The zero-order valence-electron chi connectivity index (χ0n) is 13.9. The van der Waals surface area contributed by atoms with E-state index in [9.17, 15) is 10.1 Å². The number of anilines is 1. The maximum atomic E-state index is 11.3. The molecular weight excluding hydrogens is 316 g/mol. The van der Waals surface area contributed by atoms with Crippen LogP contribution in [0.5, 0.6) is 0 Å². The Morgan fingerprint density at radius 3 is 2.60 bits per heavy atom. The van der Waals surface area contributed by atoms with Crippen LogP contribution in [-0.4, -0.2) is 24.0 Å². The molecule has 2 fully saturated rings. The van der Waals surface area contributed by atoms with Crippen molar-refractivity contribution >= 4 is 11.8 Å². The summed E-state index contributed by atoms with van der Waals surface area (Å²) < 4.78 is 5.99. The summed E-state index contributed by atoms with van der Waals surface area (Å²) >= 11 is 0. The van der Waals surface area contributed by atoms with Crippen molar-refractivity contribution < 1.29 is 9.21 Å². The highest BCUT2D eigenvalue weighted by Crippen LogP contribution is 2.54. The van der Waals surface area contributed by atoms with E-state index in [0.29, 0.717) is 49.3 Å². The molecule has 2 heterocycles. The second kappa shape index (κ2) is 6.25. The number of hydrogen-bond acceptors (Lipinski definition) is 5. The average Bonchev–Trinajstić information content (AvgIpc) is 3.34. The lowest BCUT2D eigenvalue weighted by molar-refractivity contribution is -0.122. The third-order valence-corrected chi connectivity index (χ3v) is 5.25. The Morgan fingerprint density at radius 1 is 1.24 bits per heavy atom. The molecule has 4 rings (SSSR count). The molecule has 128 valence electrons. The quantitative estimate of drug-likeness (QED) is 0.925. The van der Waals surface area contributed by atoms with Crippen LogP contribution in [0.1, 0.15) is 48.2 Å². The minimum atomic E-state index is -0.248. The first kappa shape index (κ1) is 15.7. The highest BCUT2D eigenvalue weighted by atomic mass is 16.4. The number of nitriles is 1. The third-order valence-electron chi connectivity index (χ3n) is 5.25. The lowest BCUT2D eigenvalue weighted by Gasteiger charge is -2.30. The van der Waals surface area contributed by atoms with Crippen LogP contribution in [0.3, 0.4) is 0 Å². The van der Waals surface area contributed by atoms with Crippen LogP contribution in [0.2, 0.25) is 0 Å². The molecule has 0 radical (unpaired) electrons. The molecule has 25 heavy (non-hydrogen) atoms. The summed E-state index contributed by atoms with van der Waals surface area (Å²) in [6.45, 7) is 1.31. The van der Waals surface area contributed by atoms with Gasteiger partial charge in [0.1, 0.15) is 6.07 Å². The third kappa shape index (κ3) is 2.98. The van der Waals surface area contributed by atoms with Crippen LogP contribution in [0.25, 0.3) is 0 Å². The molecule has 6 nitrogen and oxygen atoms in total. The Hall–Kier alpha value is -2.81. The van der Waals surface area contributed by atoms with Gasteiger partial charge in [0, 0.05) is 24.9 Å². The summed E-state index contributed by atoms with van der Waals surface area (Å²) in [4.78, 5) is 17.8. The number of primary amides is 1. The topological polar surface area (TPSA) is 96.2 Å². The highest BCUT2D eigenvalue weighted by Gasteiger charge is 2.44. The number of aromatic nitrogens is 1. The molecule has 2 atom stereocenters. The van der Waals surface area contributed by atoms with Crippen LogP contribution in [0.4, 0.5) is 5.88 Å². The van der Waals surface area contributed by atoms with Crippen molar-refractivity contribution in [3.05, 3.63) is 47.5 Å². The van der Waals surface area contributed by atoms with Crippen molar-refractivity contribution in [2.45, 2.75) is 31.1 Å². The lowest BCUT2D eigenvalue weighted by Crippen LogP contribution is -2.38. The number of hydrogen-bond donors (Lipinski definition) is 1. The molecule has 1 aromatic carbocycles. The second-order valence-corrected chi connectivity index (χ2v) is 6.84. The predicted octanol–water partition coefficient (Wildman–Crippen LogP) is 2.52. The summed E-state index contributed by atoms with van der Waals surface area (Å²) in [5.41, 5.74) is 7.01. The molecule has 2 N–H and O–H groups in total. The number of rotatable bonds is 4. The van der Waals surface area contributed by atoms with Crippen molar-refractivity contribution in [3.8, 4) is 6.07 Å². The van der Waals surface area contributed by atoms with Gasteiger partial charge in [-0.2, -0.15) is 5.26 Å². The van der Waals surface area contributed by atoms with Gasteiger partial charge in [-0.15, -0.1) is 0 Å². The van der Waals surface area contributed by atoms with Gasteiger partial charge in [0.15, 0.2) is 0 Å². The zero-order chi connectivity index (χ0) is 17.4.